The van der Waals surface area contributed by atoms with Crippen LogP contribution in [-0.2, 0) is 0 Å². The van der Waals surface area contributed by atoms with Crippen LogP contribution in [0.5, 0.6) is 0 Å². The molecule has 1 atom stereocenters. The van der Waals surface area contributed by atoms with Crippen molar-refractivity contribution >= 4 is 22.6 Å². The first-order valence-electron chi connectivity index (χ1n) is 3.86. The summed E-state index contributed by atoms with van der Waals surface area (Å²) in [7, 11) is 0. The molecule has 0 amide bonds. The van der Waals surface area contributed by atoms with Gasteiger partial charge in [-0.05, 0) is 48.8 Å². The Labute approximate surface area is 85.1 Å². The predicted octanol–water partition coefficient (Wildman–Crippen LogP) is 4.18. The minimum absolute atomic E-state index is 0.186. The van der Waals surface area contributed by atoms with Gasteiger partial charge in [0.1, 0.15) is 5.67 Å². The summed E-state index contributed by atoms with van der Waals surface area (Å²) in [5.74, 6) is -0.281. The Kier molecular flexibility index (Phi) is 4.33. The van der Waals surface area contributed by atoms with E-state index in [1.54, 1.807) is 6.92 Å². The second kappa shape index (κ2) is 4.15. The Morgan fingerprint density at radius 2 is 1.58 bits per heavy atom. The highest BCUT2D eigenvalue weighted by molar-refractivity contribution is 14.1. The van der Waals surface area contributed by atoms with Crippen LogP contribution in [0.1, 0.15) is 33.6 Å². The van der Waals surface area contributed by atoms with Crippen LogP contribution in [0.3, 0.4) is 0 Å². The molecule has 0 saturated carbocycles. The van der Waals surface area contributed by atoms with Crippen molar-refractivity contribution in [2.24, 2.45) is 5.92 Å². The Morgan fingerprint density at radius 3 is 1.83 bits per heavy atom. The zero-order valence-corrected chi connectivity index (χ0v) is 9.66. The molecule has 0 aromatic rings. The number of halogens is 4. The smallest absolute Gasteiger partial charge is 0.244 e. The average Bonchev–Trinajstić information content (AvgIpc) is 1.49. The van der Waals surface area contributed by atoms with Crippen molar-refractivity contribution in [1.82, 2.24) is 0 Å². The summed E-state index contributed by atoms with van der Waals surface area (Å²) in [6.07, 6.45) is -0.0630. The van der Waals surface area contributed by atoms with Gasteiger partial charge in [0, 0.05) is 6.42 Å². The summed E-state index contributed by atoms with van der Waals surface area (Å²) >= 11 is 1.09. The van der Waals surface area contributed by atoms with E-state index in [4.69, 9.17) is 0 Å². The molecule has 4 heteroatoms. The molecule has 0 heterocycles. The molecule has 0 radical (unpaired) electrons. The van der Waals surface area contributed by atoms with Crippen molar-refractivity contribution in [1.29, 1.82) is 0 Å². The van der Waals surface area contributed by atoms with Gasteiger partial charge in [0.15, 0.2) is 0 Å². The Hall–Kier alpha value is 0.520. The molecule has 0 rings (SSSR count). The molecule has 0 N–H and O–H groups in total. The van der Waals surface area contributed by atoms with Crippen LogP contribution in [0, 0.1) is 5.92 Å². The fraction of sp³-hybridized carbons (Fsp3) is 1.00. The quantitative estimate of drug-likeness (QED) is 0.539. The molecule has 0 nitrogen and oxygen atoms in total. The topological polar surface area (TPSA) is 0 Å². The van der Waals surface area contributed by atoms with Gasteiger partial charge in [-0.1, -0.05) is 6.92 Å². The van der Waals surface area contributed by atoms with Crippen LogP contribution < -0.4 is 0 Å². The van der Waals surface area contributed by atoms with E-state index in [1.165, 1.54) is 13.8 Å². The minimum Gasteiger partial charge on any atom is -0.244 e. The maximum atomic E-state index is 13.0. The highest BCUT2D eigenvalue weighted by Crippen LogP contribution is 2.34. The Morgan fingerprint density at radius 1 is 1.17 bits per heavy atom. The van der Waals surface area contributed by atoms with Gasteiger partial charge < -0.3 is 0 Å². The maximum Gasteiger partial charge on any atom is 0.296 e. The molecule has 0 aliphatic heterocycles. The largest absolute Gasteiger partial charge is 0.296 e. The summed E-state index contributed by atoms with van der Waals surface area (Å²) in [4.78, 5) is 0. The molecule has 0 bridgehead atoms. The van der Waals surface area contributed by atoms with Gasteiger partial charge in [0.05, 0.1) is 0 Å². The molecular formula is C8H14F3I. The normalized spacial score (nSPS) is 16.2. The van der Waals surface area contributed by atoms with Crippen LogP contribution in [0.4, 0.5) is 13.2 Å². The van der Waals surface area contributed by atoms with E-state index in [9.17, 15) is 13.2 Å². The molecule has 0 aromatic heterocycles. The van der Waals surface area contributed by atoms with E-state index >= 15 is 0 Å². The van der Waals surface area contributed by atoms with E-state index in [1.807, 2.05) is 0 Å². The van der Waals surface area contributed by atoms with Gasteiger partial charge in [-0.3, -0.25) is 0 Å². The number of hydrogen-bond donors (Lipinski definition) is 0. The molecule has 0 spiro atoms. The lowest BCUT2D eigenvalue weighted by atomic mass is 9.94. The third-order valence-corrected chi connectivity index (χ3v) is 1.85. The van der Waals surface area contributed by atoms with Gasteiger partial charge in [-0.15, -0.1) is 0 Å². The highest BCUT2D eigenvalue weighted by atomic mass is 127. The first kappa shape index (κ1) is 12.5. The number of alkyl halides is 4. The first-order valence-corrected chi connectivity index (χ1v) is 4.94. The standard InChI is InChI=1S/C8H14F3I/c1-6(4-7(2,3)9)5-8(10,11)12/h6H,4-5H2,1-3H3. The van der Waals surface area contributed by atoms with Crippen molar-refractivity contribution < 1.29 is 13.2 Å². The molecule has 0 aromatic carbocycles. The van der Waals surface area contributed by atoms with Crippen molar-refractivity contribution in [2.45, 2.75) is 43.2 Å². The number of rotatable bonds is 4. The van der Waals surface area contributed by atoms with E-state index < -0.39 is 9.60 Å². The fourth-order valence-electron chi connectivity index (χ4n) is 1.30. The molecule has 12 heavy (non-hydrogen) atoms. The van der Waals surface area contributed by atoms with E-state index in [0.717, 1.165) is 22.6 Å². The summed E-state index contributed by atoms with van der Waals surface area (Å²) in [5, 5.41) is 0. The van der Waals surface area contributed by atoms with E-state index in [-0.39, 0.29) is 18.8 Å². The van der Waals surface area contributed by atoms with Crippen LogP contribution >= 0.6 is 22.6 Å². The lowest BCUT2D eigenvalue weighted by Gasteiger charge is -2.21. The summed E-state index contributed by atoms with van der Waals surface area (Å²) in [5.41, 5.74) is -1.35. The first-order chi connectivity index (χ1) is 5.10. The molecule has 0 fully saturated rings. The van der Waals surface area contributed by atoms with Crippen molar-refractivity contribution in [3.63, 3.8) is 0 Å². The van der Waals surface area contributed by atoms with Crippen molar-refractivity contribution in [2.75, 3.05) is 0 Å². The van der Waals surface area contributed by atoms with Gasteiger partial charge in [-0.25, -0.2) is 4.39 Å². The Bertz CT molecular complexity index is 118. The van der Waals surface area contributed by atoms with Crippen LogP contribution in [0.25, 0.3) is 0 Å². The van der Waals surface area contributed by atoms with Gasteiger partial charge in [-0.2, -0.15) is 8.78 Å². The van der Waals surface area contributed by atoms with Gasteiger partial charge >= 0.3 is 0 Å². The molecule has 74 valence electrons. The van der Waals surface area contributed by atoms with Crippen molar-refractivity contribution in [3.05, 3.63) is 0 Å². The van der Waals surface area contributed by atoms with E-state index in [0.29, 0.717) is 0 Å². The van der Waals surface area contributed by atoms with Crippen LogP contribution in [0.15, 0.2) is 0 Å². The fourth-order valence-corrected chi connectivity index (χ4v) is 2.05. The average molecular weight is 294 g/mol. The van der Waals surface area contributed by atoms with Crippen molar-refractivity contribution in [3.8, 4) is 0 Å². The summed E-state index contributed by atoms with van der Waals surface area (Å²) in [6, 6.07) is 0. The lowest BCUT2D eigenvalue weighted by molar-refractivity contribution is 0.0790. The van der Waals surface area contributed by atoms with E-state index in [2.05, 4.69) is 0 Å². The monoisotopic (exact) mass is 294 g/mol. The molecular weight excluding hydrogens is 280 g/mol. The van der Waals surface area contributed by atoms with Gasteiger partial charge in [0.25, 0.3) is 3.93 Å². The SMILES string of the molecule is CC(CC(C)(C)F)CC(F)(F)I. The molecule has 0 saturated heterocycles. The minimum atomic E-state index is -2.71. The maximum absolute atomic E-state index is 13.0. The Balaban J connectivity index is 3.83. The lowest BCUT2D eigenvalue weighted by Crippen LogP contribution is -2.20. The molecule has 0 aliphatic carbocycles. The third kappa shape index (κ3) is 8.62. The number of hydrogen-bond acceptors (Lipinski definition) is 0. The molecule has 0 aliphatic rings. The zero-order valence-electron chi connectivity index (χ0n) is 7.50. The highest BCUT2D eigenvalue weighted by Gasteiger charge is 2.29. The summed E-state index contributed by atoms with van der Waals surface area (Å²) in [6.45, 7) is 4.47. The van der Waals surface area contributed by atoms with Crippen LogP contribution in [-0.4, -0.2) is 9.60 Å². The van der Waals surface area contributed by atoms with Gasteiger partial charge in [0.2, 0.25) is 0 Å². The van der Waals surface area contributed by atoms with Crippen LogP contribution in [0.2, 0.25) is 0 Å². The molecule has 1 unspecified atom stereocenters. The second-order valence-electron chi connectivity index (χ2n) is 3.85. The third-order valence-electron chi connectivity index (χ3n) is 1.41. The summed E-state index contributed by atoms with van der Waals surface area (Å²) < 4.78 is 35.1. The predicted molar refractivity (Wildman–Crippen MR) is 52.6 cm³/mol. The second-order valence-corrected chi connectivity index (χ2v) is 5.43. The zero-order chi connectivity index (χ0) is 9.99.